The third kappa shape index (κ3) is 3.91. The van der Waals surface area contributed by atoms with E-state index < -0.39 is 23.4 Å². The van der Waals surface area contributed by atoms with Crippen molar-refractivity contribution in [2.45, 2.75) is 57.5 Å². The third-order valence-corrected chi connectivity index (χ3v) is 4.27. The molecule has 0 aliphatic heterocycles. The smallest absolute Gasteiger partial charge is 0.305 e. The number of rotatable bonds is 4. The van der Waals surface area contributed by atoms with E-state index in [0.29, 0.717) is 29.8 Å². The minimum Gasteiger partial charge on any atom is -0.434 e. The highest BCUT2D eigenvalue weighted by Crippen LogP contribution is 2.37. The molecule has 0 saturated heterocycles. The Morgan fingerprint density at radius 2 is 2.04 bits per heavy atom. The summed E-state index contributed by atoms with van der Waals surface area (Å²) in [6.45, 7) is 4.50. The highest BCUT2D eigenvalue weighted by molar-refractivity contribution is 6.31. The van der Waals surface area contributed by atoms with Crippen molar-refractivity contribution in [3.05, 3.63) is 34.9 Å². The van der Waals surface area contributed by atoms with Crippen LogP contribution in [0.5, 0.6) is 0 Å². The SMILES string of the molecule is CC(=O)OC(C)(C)O[C@@H]1CCC[C@@](N)(c2ccccc2Cl)C1=O. The molecule has 0 spiro atoms. The predicted octanol–water partition coefficient (Wildman–Crippen LogP) is 2.93. The molecular weight excluding hydrogens is 318 g/mol. The Labute approximate surface area is 141 Å². The maximum absolute atomic E-state index is 12.9. The molecule has 0 amide bonds. The normalized spacial score (nSPS) is 25.3. The van der Waals surface area contributed by atoms with E-state index in [1.807, 2.05) is 0 Å². The predicted molar refractivity (Wildman–Crippen MR) is 86.9 cm³/mol. The summed E-state index contributed by atoms with van der Waals surface area (Å²) >= 11 is 6.22. The van der Waals surface area contributed by atoms with Gasteiger partial charge >= 0.3 is 5.97 Å². The van der Waals surface area contributed by atoms with Crippen LogP contribution in [0.25, 0.3) is 0 Å². The van der Waals surface area contributed by atoms with Crippen LogP contribution >= 0.6 is 11.6 Å². The van der Waals surface area contributed by atoms with Gasteiger partial charge in [0.25, 0.3) is 0 Å². The summed E-state index contributed by atoms with van der Waals surface area (Å²) in [5.41, 5.74) is 5.83. The van der Waals surface area contributed by atoms with Crippen LogP contribution in [0.1, 0.15) is 45.6 Å². The van der Waals surface area contributed by atoms with Crippen molar-refractivity contribution in [2.75, 3.05) is 0 Å². The number of carbonyl (C=O) groups excluding carboxylic acids is 2. The number of halogens is 1. The van der Waals surface area contributed by atoms with Crippen molar-refractivity contribution >= 4 is 23.4 Å². The quantitative estimate of drug-likeness (QED) is 0.674. The van der Waals surface area contributed by atoms with Crippen LogP contribution in [0.3, 0.4) is 0 Å². The van der Waals surface area contributed by atoms with Gasteiger partial charge in [0.15, 0.2) is 5.78 Å². The number of esters is 1. The molecule has 1 aliphatic carbocycles. The maximum atomic E-state index is 12.9. The van der Waals surface area contributed by atoms with Crippen molar-refractivity contribution in [2.24, 2.45) is 5.73 Å². The van der Waals surface area contributed by atoms with Crippen LogP contribution in [-0.2, 0) is 24.6 Å². The van der Waals surface area contributed by atoms with Crippen LogP contribution < -0.4 is 5.73 Å². The molecule has 0 heterocycles. The molecule has 1 aromatic carbocycles. The van der Waals surface area contributed by atoms with E-state index in [1.165, 1.54) is 6.92 Å². The second-order valence-corrected chi connectivity index (χ2v) is 6.71. The Morgan fingerprint density at radius 3 is 2.65 bits per heavy atom. The largest absolute Gasteiger partial charge is 0.434 e. The fourth-order valence-electron chi connectivity index (χ4n) is 3.02. The number of hydrogen-bond donors (Lipinski definition) is 1. The second-order valence-electron chi connectivity index (χ2n) is 6.31. The molecule has 0 unspecified atom stereocenters. The average Bonchev–Trinajstić information content (AvgIpc) is 2.43. The first-order valence-corrected chi connectivity index (χ1v) is 7.99. The van der Waals surface area contributed by atoms with Gasteiger partial charge in [-0.25, -0.2) is 0 Å². The van der Waals surface area contributed by atoms with Gasteiger partial charge in [0.05, 0.1) is 0 Å². The lowest BCUT2D eigenvalue weighted by Gasteiger charge is -2.39. The first kappa shape index (κ1) is 17.9. The molecule has 6 heteroatoms. The van der Waals surface area contributed by atoms with Crippen molar-refractivity contribution < 1.29 is 19.1 Å². The van der Waals surface area contributed by atoms with Gasteiger partial charge in [-0.3, -0.25) is 9.59 Å². The number of hydrogen-bond acceptors (Lipinski definition) is 5. The van der Waals surface area contributed by atoms with E-state index in [-0.39, 0.29) is 5.78 Å². The molecule has 23 heavy (non-hydrogen) atoms. The summed E-state index contributed by atoms with van der Waals surface area (Å²) in [5, 5.41) is 0.461. The van der Waals surface area contributed by atoms with Gasteiger partial charge in [-0.2, -0.15) is 0 Å². The van der Waals surface area contributed by atoms with Gasteiger partial charge in [-0.05, 0) is 30.9 Å². The zero-order valence-corrected chi connectivity index (χ0v) is 14.4. The van der Waals surface area contributed by atoms with Crippen molar-refractivity contribution in [3.8, 4) is 0 Å². The zero-order valence-electron chi connectivity index (χ0n) is 13.6. The molecule has 1 fully saturated rings. The number of ketones is 1. The molecule has 1 aliphatic rings. The number of carbonyl (C=O) groups is 2. The first-order valence-electron chi connectivity index (χ1n) is 7.61. The van der Waals surface area contributed by atoms with E-state index in [2.05, 4.69) is 0 Å². The molecular formula is C17H22ClNO4. The summed E-state index contributed by atoms with van der Waals surface area (Å²) in [5.74, 6) is -1.90. The average molecular weight is 340 g/mol. The Bertz CT molecular complexity index is 616. The minimum absolute atomic E-state index is 0.239. The van der Waals surface area contributed by atoms with Gasteiger partial charge in [-0.1, -0.05) is 29.8 Å². The van der Waals surface area contributed by atoms with Crippen molar-refractivity contribution in [1.29, 1.82) is 0 Å². The molecule has 0 bridgehead atoms. The fraction of sp³-hybridized carbons (Fsp3) is 0.529. The summed E-state index contributed by atoms with van der Waals surface area (Å²) in [7, 11) is 0. The number of ether oxygens (including phenoxy) is 2. The van der Waals surface area contributed by atoms with Gasteiger partial charge in [0.1, 0.15) is 11.6 Å². The maximum Gasteiger partial charge on any atom is 0.305 e. The van der Waals surface area contributed by atoms with Crippen LogP contribution in [0.2, 0.25) is 5.02 Å². The van der Waals surface area contributed by atoms with Crippen LogP contribution in [-0.4, -0.2) is 23.6 Å². The highest BCUT2D eigenvalue weighted by Gasteiger charge is 2.46. The second kappa shape index (κ2) is 6.59. The topological polar surface area (TPSA) is 78.6 Å². The first-order chi connectivity index (χ1) is 10.7. The van der Waals surface area contributed by atoms with Gasteiger partial charge in [0.2, 0.25) is 5.79 Å². The Kier molecular flexibility index (Phi) is 5.14. The molecule has 2 rings (SSSR count). The third-order valence-electron chi connectivity index (χ3n) is 3.94. The minimum atomic E-state index is -1.19. The van der Waals surface area contributed by atoms with Gasteiger partial charge in [-0.15, -0.1) is 0 Å². The zero-order chi connectivity index (χ0) is 17.3. The van der Waals surface area contributed by atoms with Crippen LogP contribution in [0.4, 0.5) is 0 Å². The van der Waals surface area contributed by atoms with E-state index in [1.54, 1.807) is 38.1 Å². The Hall–Kier alpha value is -1.43. The van der Waals surface area contributed by atoms with Crippen LogP contribution in [0.15, 0.2) is 24.3 Å². The molecule has 126 valence electrons. The molecule has 0 radical (unpaired) electrons. The summed E-state index contributed by atoms with van der Waals surface area (Å²) in [6.07, 6.45) is 1.02. The van der Waals surface area contributed by atoms with E-state index >= 15 is 0 Å². The lowest BCUT2D eigenvalue weighted by Crippen LogP contribution is -2.55. The highest BCUT2D eigenvalue weighted by atomic mass is 35.5. The number of benzene rings is 1. The van der Waals surface area contributed by atoms with Crippen molar-refractivity contribution in [1.82, 2.24) is 0 Å². The van der Waals surface area contributed by atoms with Gasteiger partial charge < -0.3 is 15.2 Å². The number of Topliss-reactive ketones (excluding diaryl/α,β-unsaturated/α-hetero) is 1. The lowest BCUT2D eigenvalue weighted by molar-refractivity contribution is -0.233. The van der Waals surface area contributed by atoms with Crippen LogP contribution in [0, 0.1) is 0 Å². The Morgan fingerprint density at radius 1 is 1.39 bits per heavy atom. The standard InChI is InChI=1S/C17H22ClNO4/c1-11(20)22-16(2,3)23-14-9-6-10-17(19,15(14)21)12-7-4-5-8-13(12)18/h4-5,7-8,14H,6,9-10,19H2,1-3H3/t14-,17-/m1/s1. The Balaban J connectivity index is 2.25. The molecule has 2 atom stereocenters. The molecule has 0 aromatic heterocycles. The monoisotopic (exact) mass is 339 g/mol. The number of nitrogens with two attached hydrogens (primary N) is 1. The fourth-order valence-corrected chi connectivity index (χ4v) is 3.33. The summed E-state index contributed by atoms with van der Waals surface area (Å²) in [6, 6.07) is 7.07. The summed E-state index contributed by atoms with van der Waals surface area (Å²) in [4.78, 5) is 24.1. The molecule has 1 saturated carbocycles. The summed E-state index contributed by atoms with van der Waals surface area (Å²) < 4.78 is 10.8. The van der Waals surface area contributed by atoms with E-state index in [9.17, 15) is 9.59 Å². The van der Waals surface area contributed by atoms with E-state index in [0.717, 1.165) is 0 Å². The lowest BCUT2D eigenvalue weighted by atomic mass is 9.75. The molecule has 5 nitrogen and oxygen atoms in total. The van der Waals surface area contributed by atoms with E-state index in [4.69, 9.17) is 26.8 Å². The van der Waals surface area contributed by atoms with Crippen molar-refractivity contribution in [3.63, 3.8) is 0 Å². The van der Waals surface area contributed by atoms with Gasteiger partial charge in [0, 0.05) is 25.8 Å². The molecule has 1 aromatic rings. The molecule has 2 N–H and O–H groups in total.